The van der Waals surface area contributed by atoms with E-state index in [9.17, 15) is 9.59 Å². The molecule has 0 saturated carbocycles. The molecule has 2 aliphatic rings. The maximum atomic E-state index is 13.2. The zero-order valence-corrected chi connectivity index (χ0v) is 17.0. The molecule has 1 atom stereocenters. The number of carbonyl (C=O) groups is 1. The van der Waals surface area contributed by atoms with Gasteiger partial charge >= 0.3 is 0 Å². The fraction of sp³-hybridized carbons (Fsp3) is 0.250. The first-order valence-corrected chi connectivity index (χ1v) is 10.1. The number of ketones is 1. The molecule has 0 radical (unpaired) electrons. The minimum absolute atomic E-state index is 0.0273. The van der Waals surface area contributed by atoms with Crippen LogP contribution < -0.4 is 10.3 Å². The van der Waals surface area contributed by atoms with Gasteiger partial charge in [0.05, 0.1) is 17.0 Å². The van der Waals surface area contributed by atoms with Crippen molar-refractivity contribution in [2.24, 2.45) is 5.41 Å². The van der Waals surface area contributed by atoms with Crippen LogP contribution in [0.15, 0.2) is 64.7 Å². The summed E-state index contributed by atoms with van der Waals surface area (Å²) in [5.74, 6) is 0.738. The Hall–Kier alpha value is -2.85. The Morgan fingerprint density at radius 1 is 1.07 bits per heavy atom. The molecule has 0 saturated heterocycles. The van der Waals surface area contributed by atoms with Gasteiger partial charge in [-0.3, -0.25) is 9.59 Å². The van der Waals surface area contributed by atoms with Gasteiger partial charge in [0.15, 0.2) is 5.78 Å². The monoisotopic (exact) mass is 405 g/mol. The summed E-state index contributed by atoms with van der Waals surface area (Å²) >= 11 is 6.26. The largest absolute Gasteiger partial charge is 0.460 e. The summed E-state index contributed by atoms with van der Waals surface area (Å²) in [6.45, 7) is 4.13. The summed E-state index contributed by atoms with van der Waals surface area (Å²) in [6.07, 6.45) is 1.07. The van der Waals surface area contributed by atoms with Gasteiger partial charge in [0.2, 0.25) is 0 Å². The van der Waals surface area contributed by atoms with Crippen molar-refractivity contribution >= 4 is 28.3 Å². The van der Waals surface area contributed by atoms with Crippen LogP contribution in [0.3, 0.4) is 0 Å². The van der Waals surface area contributed by atoms with Crippen molar-refractivity contribution in [3.8, 4) is 5.75 Å². The number of aromatic nitrogens is 1. The fourth-order valence-corrected chi connectivity index (χ4v) is 4.78. The zero-order chi connectivity index (χ0) is 20.3. The highest BCUT2D eigenvalue weighted by molar-refractivity contribution is 6.30. The van der Waals surface area contributed by atoms with Gasteiger partial charge in [-0.2, -0.15) is 0 Å². The van der Waals surface area contributed by atoms with Crippen LogP contribution in [0.25, 0.3) is 10.9 Å². The normalized spacial score (nSPS) is 20.2. The number of nitrogens with one attached hydrogen (secondary N) is 1. The number of rotatable bonds is 1. The van der Waals surface area contributed by atoms with E-state index in [1.165, 1.54) is 0 Å². The number of H-pyrrole nitrogens is 1. The topological polar surface area (TPSA) is 59.2 Å². The summed E-state index contributed by atoms with van der Waals surface area (Å²) < 4.78 is 6.32. The molecule has 29 heavy (non-hydrogen) atoms. The minimum atomic E-state index is -0.496. The lowest BCUT2D eigenvalue weighted by atomic mass is 9.70. The molecule has 4 nitrogen and oxygen atoms in total. The van der Waals surface area contributed by atoms with Crippen LogP contribution >= 0.6 is 11.6 Å². The van der Waals surface area contributed by atoms with Gasteiger partial charge in [-0.25, -0.2) is 0 Å². The van der Waals surface area contributed by atoms with Crippen molar-refractivity contribution < 1.29 is 9.53 Å². The first kappa shape index (κ1) is 18.2. The van der Waals surface area contributed by atoms with E-state index < -0.39 is 5.92 Å². The third kappa shape index (κ3) is 2.90. The number of hydrogen-bond donors (Lipinski definition) is 1. The predicted octanol–water partition coefficient (Wildman–Crippen LogP) is 5.35. The Kier molecular flexibility index (Phi) is 3.97. The number of para-hydroxylation sites is 1. The van der Waals surface area contributed by atoms with E-state index in [0.717, 1.165) is 10.9 Å². The summed E-state index contributed by atoms with van der Waals surface area (Å²) in [4.78, 5) is 29.3. The smallest absolute Gasteiger partial charge is 0.256 e. The quantitative estimate of drug-likeness (QED) is 0.593. The number of aromatic amines is 1. The van der Waals surface area contributed by atoms with E-state index >= 15 is 0 Å². The Morgan fingerprint density at radius 2 is 1.86 bits per heavy atom. The molecule has 2 aromatic carbocycles. The number of carbonyl (C=O) groups excluding carboxylic acids is 1. The van der Waals surface area contributed by atoms with E-state index in [1.54, 1.807) is 6.07 Å². The van der Waals surface area contributed by atoms with Crippen LogP contribution in [0, 0.1) is 5.41 Å². The molecule has 0 amide bonds. The van der Waals surface area contributed by atoms with Gasteiger partial charge in [0.1, 0.15) is 11.5 Å². The lowest BCUT2D eigenvalue weighted by Crippen LogP contribution is -2.35. The van der Waals surface area contributed by atoms with Crippen LogP contribution in [-0.4, -0.2) is 10.8 Å². The highest BCUT2D eigenvalue weighted by Crippen LogP contribution is 2.50. The average molecular weight is 406 g/mol. The van der Waals surface area contributed by atoms with Crippen LogP contribution in [0.5, 0.6) is 5.75 Å². The van der Waals surface area contributed by atoms with Gasteiger partial charge in [-0.05, 0) is 35.2 Å². The second kappa shape index (κ2) is 6.33. The van der Waals surface area contributed by atoms with E-state index in [0.29, 0.717) is 46.0 Å². The second-order valence-corrected chi connectivity index (χ2v) is 9.05. The molecule has 2 heterocycles. The number of pyridine rings is 1. The van der Waals surface area contributed by atoms with E-state index in [2.05, 4.69) is 18.8 Å². The third-order valence-corrected chi connectivity index (χ3v) is 6.01. The summed E-state index contributed by atoms with van der Waals surface area (Å²) in [5.41, 5.74) is 2.16. The van der Waals surface area contributed by atoms with Gasteiger partial charge in [0.25, 0.3) is 5.56 Å². The SMILES string of the molecule is CC1(C)CC(=O)C2=C(C1)Oc1c(c(=O)[nH]c3ccccc13)C2c1cccc(Cl)c1. The molecule has 1 unspecified atom stereocenters. The van der Waals surface area contributed by atoms with Crippen LogP contribution in [0.2, 0.25) is 5.02 Å². The Morgan fingerprint density at radius 3 is 2.66 bits per heavy atom. The third-order valence-electron chi connectivity index (χ3n) is 5.77. The maximum Gasteiger partial charge on any atom is 0.256 e. The standard InChI is InChI=1S/C24H20ClNO3/c1-24(2)11-17(27)20-18(12-24)29-22-15-8-3-4-9-16(15)26-23(28)21(22)19(20)13-6-5-7-14(25)10-13/h3-10,19H,11-12H2,1-2H3,(H,26,28). The zero-order valence-electron chi connectivity index (χ0n) is 16.2. The molecule has 1 aliphatic heterocycles. The van der Waals surface area contributed by atoms with Crippen molar-refractivity contribution in [3.05, 3.63) is 86.4 Å². The first-order chi connectivity index (χ1) is 13.8. The van der Waals surface area contributed by atoms with E-state index in [4.69, 9.17) is 16.3 Å². The molecule has 5 heteroatoms. The molecule has 1 aromatic heterocycles. The molecule has 0 bridgehead atoms. The predicted molar refractivity (Wildman–Crippen MR) is 114 cm³/mol. The minimum Gasteiger partial charge on any atom is -0.460 e. The number of halogens is 1. The van der Waals surface area contributed by atoms with Crippen molar-refractivity contribution in [2.45, 2.75) is 32.6 Å². The van der Waals surface area contributed by atoms with E-state index in [-0.39, 0.29) is 16.8 Å². The van der Waals surface area contributed by atoms with Crippen molar-refractivity contribution in [1.82, 2.24) is 4.98 Å². The van der Waals surface area contributed by atoms with Gasteiger partial charge < -0.3 is 9.72 Å². The van der Waals surface area contributed by atoms with Gasteiger partial charge in [0, 0.05) is 28.8 Å². The number of benzene rings is 2. The van der Waals surface area contributed by atoms with Crippen LogP contribution in [0.1, 0.15) is 43.7 Å². The number of Topliss-reactive ketones (excluding diaryl/α,β-unsaturated/α-hetero) is 1. The van der Waals surface area contributed by atoms with Crippen LogP contribution in [0.4, 0.5) is 0 Å². The van der Waals surface area contributed by atoms with Gasteiger partial charge in [-0.1, -0.05) is 49.7 Å². The molecular weight excluding hydrogens is 386 g/mol. The Bertz CT molecular complexity index is 1270. The maximum absolute atomic E-state index is 13.2. The highest BCUT2D eigenvalue weighted by atomic mass is 35.5. The fourth-order valence-electron chi connectivity index (χ4n) is 4.58. The Labute approximate surface area is 173 Å². The van der Waals surface area contributed by atoms with Crippen molar-refractivity contribution in [3.63, 3.8) is 0 Å². The van der Waals surface area contributed by atoms with Crippen molar-refractivity contribution in [2.75, 3.05) is 0 Å². The van der Waals surface area contributed by atoms with Gasteiger partial charge in [-0.15, -0.1) is 0 Å². The first-order valence-electron chi connectivity index (χ1n) is 9.68. The molecule has 0 spiro atoms. The molecule has 0 fully saturated rings. The summed E-state index contributed by atoms with van der Waals surface area (Å²) in [6, 6.07) is 15.0. The summed E-state index contributed by atoms with van der Waals surface area (Å²) in [7, 11) is 0. The number of ether oxygens (including phenoxy) is 1. The molecular formula is C24H20ClNO3. The summed E-state index contributed by atoms with van der Waals surface area (Å²) in [5, 5.41) is 1.40. The lowest BCUT2D eigenvalue weighted by molar-refractivity contribution is -0.118. The molecule has 1 aliphatic carbocycles. The molecule has 5 rings (SSSR count). The van der Waals surface area contributed by atoms with Crippen molar-refractivity contribution in [1.29, 1.82) is 0 Å². The number of allylic oxidation sites excluding steroid dienone is 2. The molecule has 146 valence electrons. The number of hydrogen-bond acceptors (Lipinski definition) is 3. The van der Waals surface area contributed by atoms with E-state index in [1.807, 2.05) is 42.5 Å². The Balaban J connectivity index is 1.86. The number of fused-ring (bicyclic) bond motifs is 3. The molecule has 1 N–H and O–H groups in total. The van der Waals surface area contributed by atoms with Crippen LogP contribution in [-0.2, 0) is 4.79 Å². The second-order valence-electron chi connectivity index (χ2n) is 8.61. The highest BCUT2D eigenvalue weighted by Gasteiger charge is 2.43. The average Bonchev–Trinajstić information content (AvgIpc) is 2.65. The molecule has 3 aromatic rings. The lowest BCUT2D eigenvalue weighted by Gasteiger charge is -2.38.